The van der Waals surface area contributed by atoms with E-state index in [-0.39, 0.29) is 22.7 Å². The van der Waals surface area contributed by atoms with Gasteiger partial charge >= 0.3 is 5.97 Å². The molecule has 0 aromatic rings. The third-order valence-corrected chi connectivity index (χ3v) is 7.45. The maximum atomic E-state index is 12.4. The highest BCUT2D eigenvalue weighted by atomic mass is 16.7. The molecule has 0 radical (unpaired) electrons. The van der Waals surface area contributed by atoms with Crippen LogP contribution in [0.1, 0.15) is 80.1 Å². The Bertz CT molecular complexity index is 568. The van der Waals surface area contributed by atoms with E-state index < -0.39 is 11.8 Å². The zero-order chi connectivity index (χ0) is 18.0. The molecule has 1 unspecified atom stereocenters. The fourth-order valence-electron chi connectivity index (χ4n) is 6.45. The number of hydrogen-bond donors (Lipinski definition) is 0. The lowest BCUT2D eigenvalue weighted by molar-refractivity contribution is -0.241. The summed E-state index contributed by atoms with van der Waals surface area (Å²) in [7, 11) is 0. The van der Waals surface area contributed by atoms with Crippen molar-refractivity contribution in [3.63, 3.8) is 0 Å². The predicted octanol–water partition coefficient (Wildman–Crippen LogP) is 4.26. The van der Waals surface area contributed by atoms with Crippen molar-refractivity contribution < 1.29 is 19.1 Å². The number of ether oxygens (including phenoxy) is 2. The first-order valence-corrected chi connectivity index (χ1v) is 9.36. The maximum absolute atomic E-state index is 12.4. The van der Waals surface area contributed by atoms with Gasteiger partial charge < -0.3 is 9.47 Å². The first-order valence-electron chi connectivity index (χ1n) is 9.36. The third-order valence-electron chi connectivity index (χ3n) is 7.45. The average molecular weight is 336 g/mol. The zero-order valence-corrected chi connectivity index (χ0v) is 16.0. The van der Waals surface area contributed by atoms with Gasteiger partial charge in [-0.1, -0.05) is 27.2 Å². The van der Waals surface area contributed by atoms with Gasteiger partial charge in [-0.3, -0.25) is 9.59 Å². The van der Waals surface area contributed by atoms with Crippen molar-refractivity contribution in [3.8, 4) is 0 Å². The first-order chi connectivity index (χ1) is 11.0. The van der Waals surface area contributed by atoms with Crippen molar-refractivity contribution in [2.75, 3.05) is 0 Å². The van der Waals surface area contributed by atoms with Gasteiger partial charge in [-0.05, 0) is 49.4 Å². The van der Waals surface area contributed by atoms with Crippen molar-refractivity contribution in [3.05, 3.63) is 0 Å². The molecule has 2 saturated carbocycles. The van der Waals surface area contributed by atoms with E-state index in [1.54, 1.807) is 0 Å². The molecule has 1 aliphatic heterocycles. The molecule has 0 aromatic carbocycles. The molecule has 3 aliphatic rings. The average Bonchev–Trinajstić information content (AvgIpc) is 2.72. The van der Waals surface area contributed by atoms with E-state index in [0.29, 0.717) is 17.8 Å². The van der Waals surface area contributed by atoms with Crippen molar-refractivity contribution in [1.82, 2.24) is 0 Å². The van der Waals surface area contributed by atoms with Gasteiger partial charge in [0.25, 0.3) is 5.79 Å². The number of rotatable bonds is 2. The Labute approximate surface area is 145 Å². The van der Waals surface area contributed by atoms with Crippen LogP contribution in [0.15, 0.2) is 0 Å². The Morgan fingerprint density at radius 3 is 2.25 bits per heavy atom. The zero-order valence-electron chi connectivity index (χ0n) is 16.0. The highest BCUT2D eigenvalue weighted by Crippen LogP contribution is 2.67. The molecule has 24 heavy (non-hydrogen) atoms. The maximum Gasteiger partial charge on any atom is 0.305 e. The molecular formula is C20H32O4. The van der Waals surface area contributed by atoms with Crippen LogP contribution in [-0.2, 0) is 19.1 Å². The summed E-state index contributed by atoms with van der Waals surface area (Å²) in [6.07, 6.45) is 6.19. The fraction of sp³-hybridized carbons (Fsp3) is 0.900. The summed E-state index contributed by atoms with van der Waals surface area (Å²) in [4.78, 5) is 24.0. The standard InChI is InChI=1S/C20H32O4/c1-13(21)20(23-14(2)22)12-16-18(5)10-7-9-17(3,4)15(18)8-11-19(16,6)24-20/h15-16H,7-12H2,1-6H3/t15?,16-,18+,19-,20+/m1/s1. The van der Waals surface area contributed by atoms with Crippen LogP contribution in [0.4, 0.5) is 0 Å². The van der Waals surface area contributed by atoms with Crippen LogP contribution in [0, 0.1) is 22.7 Å². The molecule has 4 nitrogen and oxygen atoms in total. The molecule has 5 atom stereocenters. The van der Waals surface area contributed by atoms with Gasteiger partial charge in [-0.15, -0.1) is 0 Å². The number of esters is 1. The number of hydrogen-bond acceptors (Lipinski definition) is 4. The SMILES string of the molecule is CC(=O)O[C@@]1(C(C)=O)C[C@H]2[C@@](C)(CCC3C(C)(C)CCC[C@@]32C)O1. The van der Waals surface area contributed by atoms with Gasteiger partial charge in [0.05, 0.1) is 5.60 Å². The third kappa shape index (κ3) is 2.44. The fourth-order valence-corrected chi connectivity index (χ4v) is 6.45. The number of ketones is 1. The molecule has 4 heteroatoms. The van der Waals surface area contributed by atoms with Crippen LogP contribution >= 0.6 is 0 Å². The molecule has 0 N–H and O–H groups in total. The number of carbonyl (C=O) groups is 2. The second-order valence-electron chi connectivity index (χ2n) is 9.51. The Kier molecular flexibility index (Phi) is 3.95. The monoisotopic (exact) mass is 336 g/mol. The van der Waals surface area contributed by atoms with Crippen LogP contribution in [0.2, 0.25) is 0 Å². The van der Waals surface area contributed by atoms with E-state index in [9.17, 15) is 9.59 Å². The summed E-state index contributed by atoms with van der Waals surface area (Å²) < 4.78 is 11.8. The molecule has 0 amide bonds. The van der Waals surface area contributed by atoms with Crippen molar-refractivity contribution in [1.29, 1.82) is 0 Å². The van der Waals surface area contributed by atoms with Crippen LogP contribution in [-0.4, -0.2) is 23.1 Å². The molecular weight excluding hydrogens is 304 g/mol. The van der Waals surface area contributed by atoms with E-state index in [2.05, 4.69) is 27.7 Å². The Morgan fingerprint density at radius 2 is 1.67 bits per heavy atom. The van der Waals surface area contributed by atoms with Gasteiger partial charge in [-0.2, -0.15) is 0 Å². The summed E-state index contributed by atoms with van der Waals surface area (Å²) >= 11 is 0. The first kappa shape index (κ1) is 17.9. The molecule has 3 fully saturated rings. The predicted molar refractivity (Wildman–Crippen MR) is 91.2 cm³/mol. The highest BCUT2D eigenvalue weighted by Gasteiger charge is 2.67. The molecule has 0 aromatic heterocycles. The molecule has 136 valence electrons. The van der Waals surface area contributed by atoms with Gasteiger partial charge in [0.15, 0.2) is 0 Å². The Balaban J connectivity index is 2.01. The summed E-state index contributed by atoms with van der Waals surface area (Å²) in [5, 5.41) is 0. The Hall–Kier alpha value is -0.900. The summed E-state index contributed by atoms with van der Waals surface area (Å²) in [5.41, 5.74) is 0.0587. The highest BCUT2D eigenvalue weighted by molar-refractivity contribution is 5.86. The van der Waals surface area contributed by atoms with Crippen LogP contribution in [0.3, 0.4) is 0 Å². The second kappa shape index (κ2) is 5.30. The van der Waals surface area contributed by atoms with Crippen LogP contribution in [0.25, 0.3) is 0 Å². The summed E-state index contributed by atoms with van der Waals surface area (Å²) in [5.74, 6) is -1.15. The van der Waals surface area contributed by atoms with Gasteiger partial charge in [0.2, 0.25) is 5.78 Å². The number of Topliss-reactive ketones (excluding diaryl/α,β-unsaturated/α-hetero) is 1. The minimum absolute atomic E-state index is 0.131. The smallest absolute Gasteiger partial charge is 0.305 e. The Morgan fingerprint density at radius 1 is 1.00 bits per heavy atom. The lowest BCUT2D eigenvalue weighted by Crippen LogP contribution is -2.55. The minimum Gasteiger partial charge on any atom is -0.425 e. The summed E-state index contributed by atoms with van der Waals surface area (Å²) in [6, 6.07) is 0. The van der Waals surface area contributed by atoms with Crippen molar-refractivity contribution in [2.45, 2.75) is 91.5 Å². The minimum atomic E-state index is -1.38. The molecule has 2 aliphatic carbocycles. The van der Waals surface area contributed by atoms with E-state index in [1.807, 2.05) is 0 Å². The number of fused-ring (bicyclic) bond motifs is 3. The number of carbonyl (C=O) groups excluding carboxylic acids is 2. The molecule has 0 spiro atoms. The van der Waals surface area contributed by atoms with E-state index in [0.717, 1.165) is 12.8 Å². The lowest BCUT2D eigenvalue weighted by atomic mass is 9.45. The largest absolute Gasteiger partial charge is 0.425 e. The van der Waals surface area contributed by atoms with Crippen molar-refractivity contribution in [2.24, 2.45) is 22.7 Å². The lowest BCUT2D eigenvalue weighted by Gasteiger charge is -2.60. The van der Waals surface area contributed by atoms with E-state index in [4.69, 9.17) is 9.47 Å². The summed E-state index contributed by atoms with van der Waals surface area (Å²) in [6.45, 7) is 12.1. The molecule has 0 bridgehead atoms. The van der Waals surface area contributed by atoms with Crippen molar-refractivity contribution >= 4 is 11.8 Å². The quantitative estimate of drug-likeness (QED) is 0.707. The van der Waals surface area contributed by atoms with Gasteiger partial charge in [-0.25, -0.2) is 0 Å². The van der Waals surface area contributed by atoms with E-state index in [1.165, 1.54) is 33.1 Å². The van der Waals surface area contributed by atoms with E-state index >= 15 is 0 Å². The molecule has 1 heterocycles. The topological polar surface area (TPSA) is 52.6 Å². The normalized spacial score (nSPS) is 46.8. The molecule has 1 saturated heterocycles. The van der Waals surface area contributed by atoms with Crippen LogP contribution < -0.4 is 0 Å². The van der Waals surface area contributed by atoms with Gasteiger partial charge in [0, 0.05) is 26.2 Å². The molecule has 3 rings (SSSR count). The van der Waals surface area contributed by atoms with Crippen LogP contribution in [0.5, 0.6) is 0 Å². The second-order valence-corrected chi connectivity index (χ2v) is 9.51. The van der Waals surface area contributed by atoms with Gasteiger partial charge in [0.1, 0.15) is 0 Å².